The Kier molecular flexibility index (Phi) is 3.22. The first-order valence-corrected chi connectivity index (χ1v) is 5.11. The molecule has 0 aliphatic rings. The maximum atomic E-state index is 8.73. The number of nitrogen functional groups attached to an aromatic ring is 1. The topological polar surface area (TPSA) is 71.9 Å². The number of anilines is 1. The van der Waals surface area contributed by atoms with Crippen molar-refractivity contribution in [2.24, 2.45) is 0 Å². The number of nitriles is 1. The summed E-state index contributed by atoms with van der Waals surface area (Å²) in [6.07, 6.45) is 1.55. The first kappa shape index (κ1) is 11.0. The first-order valence-electron chi connectivity index (χ1n) is 5.11. The van der Waals surface area contributed by atoms with Crippen molar-refractivity contribution in [3.8, 4) is 11.9 Å². The lowest BCUT2D eigenvalue weighted by atomic mass is 10.2. The summed E-state index contributed by atoms with van der Waals surface area (Å²) in [5.74, 6) is 0.445. The van der Waals surface area contributed by atoms with Gasteiger partial charge in [0.25, 0.3) is 0 Å². The van der Waals surface area contributed by atoms with Crippen LogP contribution in [0.25, 0.3) is 0 Å². The van der Waals surface area contributed by atoms with E-state index in [-0.39, 0.29) is 0 Å². The third kappa shape index (κ3) is 2.95. The Morgan fingerprint density at radius 2 is 2.00 bits per heavy atom. The Balaban J connectivity index is 2.02. The molecule has 0 spiro atoms. The van der Waals surface area contributed by atoms with E-state index >= 15 is 0 Å². The lowest BCUT2D eigenvalue weighted by Crippen LogP contribution is -1.97. The van der Waals surface area contributed by atoms with Gasteiger partial charge in [-0.15, -0.1) is 0 Å². The molecule has 17 heavy (non-hydrogen) atoms. The van der Waals surface area contributed by atoms with Crippen LogP contribution in [0, 0.1) is 11.3 Å². The summed E-state index contributed by atoms with van der Waals surface area (Å²) < 4.78 is 5.47. The van der Waals surface area contributed by atoms with E-state index < -0.39 is 0 Å². The number of hydrogen-bond donors (Lipinski definition) is 1. The van der Waals surface area contributed by atoms with Crippen molar-refractivity contribution >= 4 is 5.69 Å². The van der Waals surface area contributed by atoms with E-state index in [9.17, 15) is 0 Å². The van der Waals surface area contributed by atoms with Crippen LogP contribution in [-0.4, -0.2) is 4.98 Å². The zero-order valence-corrected chi connectivity index (χ0v) is 9.13. The van der Waals surface area contributed by atoms with E-state index in [1.807, 2.05) is 30.3 Å². The summed E-state index contributed by atoms with van der Waals surface area (Å²) in [5.41, 5.74) is 7.84. The Morgan fingerprint density at radius 3 is 2.71 bits per heavy atom. The van der Waals surface area contributed by atoms with Gasteiger partial charge in [0.1, 0.15) is 6.61 Å². The fraction of sp³-hybridized carbons (Fsp3) is 0.0769. The predicted octanol–water partition coefficient (Wildman–Crippen LogP) is 2.11. The SMILES string of the molecule is N#Cc1ccnc(OCc2ccc(N)cc2)c1. The Hall–Kier alpha value is -2.54. The van der Waals surface area contributed by atoms with Crippen LogP contribution in [-0.2, 0) is 6.61 Å². The van der Waals surface area contributed by atoms with Gasteiger partial charge in [-0.1, -0.05) is 12.1 Å². The highest BCUT2D eigenvalue weighted by Gasteiger charge is 1.98. The molecule has 1 aromatic heterocycles. The minimum Gasteiger partial charge on any atom is -0.473 e. The molecular formula is C13H11N3O. The summed E-state index contributed by atoms with van der Waals surface area (Å²) in [4.78, 5) is 4.02. The highest BCUT2D eigenvalue weighted by Crippen LogP contribution is 2.12. The number of pyridine rings is 1. The second kappa shape index (κ2) is 4.99. The molecule has 0 unspecified atom stereocenters. The standard InChI is InChI=1S/C13H11N3O/c14-8-11-5-6-16-13(7-11)17-9-10-1-3-12(15)4-2-10/h1-7H,9,15H2. The summed E-state index contributed by atoms with van der Waals surface area (Å²) >= 11 is 0. The van der Waals surface area contributed by atoms with Crippen molar-refractivity contribution < 1.29 is 4.74 Å². The number of aromatic nitrogens is 1. The van der Waals surface area contributed by atoms with Crippen LogP contribution in [0.3, 0.4) is 0 Å². The molecule has 0 saturated carbocycles. The normalized spacial score (nSPS) is 9.59. The van der Waals surface area contributed by atoms with Gasteiger partial charge < -0.3 is 10.5 Å². The third-order valence-electron chi connectivity index (χ3n) is 2.23. The van der Waals surface area contributed by atoms with Crippen LogP contribution in [0.1, 0.15) is 11.1 Å². The highest BCUT2D eigenvalue weighted by atomic mass is 16.5. The van der Waals surface area contributed by atoms with Crippen LogP contribution in [0.5, 0.6) is 5.88 Å². The van der Waals surface area contributed by atoms with Gasteiger partial charge >= 0.3 is 0 Å². The van der Waals surface area contributed by atoms with Crippen LogP contribution >= 0.6 is 0 Å². The van der Waals surface area contributed by atoms with Gasteiger partial charge in [0.15, 0.2) is 0 Å². The molecule has 0 amide bonds. The second-order valence-electron chi connectivity index (χ2n) is 3.52. The molecule has 2 N–H and O–H groups in total. The molecular weight excluding hydrogens is 214 g/mol. The molecule has 0 fully saturated rings. The van der Waals surface area contributed by atoms with E-state index in [0.29, 0.717) is 18.1 Å². The second-order valence-corrected chi connectivity index (χ2v) is 3.52. The number of nitrogens with two attached hydrogens (primary N) is 1. The van der Waals surface area contributed by atoms with Crippen LogP contribution in [0.2, 0.25) is 0 Å². The molecule has 0 saturated heterocycles. The minimum absolute atomic E-state index is 0.405. The summed E-state index contributed by atoms with van der Waals surface area (Å²) in [7, 11) is 0. The van der Waals surface area contributed by atoms with Crippen molar-refractivity contribution in [3.63, 3.8) is 0 Å². The minimum atomic E-state index is 0.405. The predicted molar refractivity (Wildman–Crippen MR) is 64.1 cm³/mol. The summed E-state index contributed by atoms with van der Waals surface area (Å²) in [6.45, 7) is 0.405. The Labute approximate surface area is 99.3 Å². The number of nitrogens with zero attached hydrogens (tertiary/aromatic N) is 2. The first-order chi connectivity index (χ1) is 8.28. The van der Waals surface area contributed by atoms with Gasteiger partial charge in [-0.05, 0) is 23.8 Å². The highest BCUT2D eigenvalue weighted by molar-refractivity contribution is 5.39. The Bertz CT molecular complexity index is 543. The lowest BCUT2D eigenvalue weighted by Gasteiger charge is -2.05. The monoisotopic (exact) mass is 225 g/mol. The molecule has 4 nitrogen and oxygen atoms in total. The molecule has 1 heterocycles. The maximum absolute atomic E-state index is 8.73. The fourth-order valence-corrected chi connectivity index (χ4v) is 1.33. The summed E-state index contributed by atoms with van der Waals surface area (Å²) in [6, 6.07) is 12.7. The molecule has 2 aromatic rings. The van der Waals surface area contributed by atoms with E-state index in [1.54, 1.807) is 18.3 Å². The molecule has 0 aliphatic carbocycles. The van der Waals surface area contributed by atoms with Crippen molar-refractivity contribution in [2.75, 3.05) is 5.73 Å². The van der Waals surface area contributed by atoms with E-state index in [2.05, 4.69) is 4.98 Å². The molecule has 1 aromatic carbocycles. The quantitative estimate of drug-likeness (QED) is 0.812. The number of ether oxygens (including phenoxy) is 1. The van der Waals surface area contributed by atoms with Crippen LogP contribution < -0.4 is 10.5 Å². The molecule has 2 rings (SSSR count). The van der Waals surface area contributed by atoms with Gasteiger partial charge in [-0.2, -0.15) is 5.26 Å². The molecule has 0 radical (unpaired) electrons. The maximum Gasteiger partial charge on any atom is 0.214 e. The zero-order valence-electron chi connectivity index (χ0n) is 9.13. The van der Waals surface area contributed by atoms with Gasteiger partial charge in [0.05, 0.1) is 11.6 Å². The fourth-order valence-electron chi connectivity index (χ4n) is 1.33. The van der Waals surface area contributed by atoms with Crippen LogP contribution in [0.4, 0.5) is 5.69 Å². The van der Waals surface area contributed by atoms with Crippen LogP contribution in [0.15, 0.2) is 42.6 Å². The third-order valence-corrected chi connectivity index (χ3v) is 2.23. The average Bonchev–Trinajstić information content (AvgIpc) is 2.38. The van der Waals surface area contributed by atoms with Gasteiger partial charge in [0, 0.05) is 18.0 Å². The molecule has 0 aliphatic heterocycles. The average molecular weight is 225 g/mol. The van der Waals surface area contributed by atoms with E-state index in [4.69, 9.17) is 15.7 Å². The molecule has 0 bridgehead atoms. The van der Waals surface area contributed by atoms with Crippen molar-refractivity contribution in [1.82, 2.24) is 4.98 Å². The number of hydrogen-bond acceptors (Lipinski definition) is 4. The van der Waals surface area contributed by atoms with Crippen molar-refractivity contribution in [1.29, 1.82) is 5.26 Å². The van der Waals surface area contributed by atoms with Crippen molar-refractivity contribution in [2.45, 2.75) is 6.61 Å². The Morgan fingerprint density at radius 1 is 1.24 bits per heavy atom. The lowest BCUT2D eigenvalue weighted by molar-refractivity contribution is 0.294. The molecule has 4 heteroatoms. The van der Waals surface area contributed by atoms with Gasteiger partial charge in [0.2, 0.25) is 5.88 Å². The van der Waals surface area contributed by atoms with Gasteiger partial charge in [-0.3, -0.25) is 0 Å². The van der Waals surface area contributed by atoms with Gasteiger partial charge in [-0.25, -0.2) is 4.98 Å². The smallest absolute Gasteiger partial charge is 0.214 e. The van der Waals surface area contributed by atoms with E-state index in [0.717, 1.165) is 11.3 Å². The molecule has 0 atom stereocenters. The van der Waals surface area contributed by atoms with Crippen molar-refractivity contribution in [3.05, 3.63) is 53.7 Å². The van der Waals surface area contributed by atoms with E-state index in [1.165, 1.54) is 0 Å². The number of benzene rings is 1. The zero-order chi connectivity index (χ0) is 12.1. The largest absolute Gasteiger partial charge is 0.473 e. The molecule has 84 valence electrons. The number of rotatable bonds is 3. The summed E-state index contributed by atoms with van der Waals surface area (Å²) in [5, 5.41) is 8.73.